The number of hydrogen-bond donors (Lipinski definition) is 2. The van der Waals surface area contributed by atoms with E-state index < -0.39 is 17.6 Å². The first kappa shape index (κ1) is 23.5. The predicted octanol–water partition coefficient (Wildman–Crippen LogP) is 2.49. The molecule has 0 spiro atoms. The van der Waals surface area contributed by atoms with Gasteiger partial charge >= 0.3 is 0 Å². The van der Waals surface area contributed by atoms with Crippen LogP contribution in [-0.2, 0) is 20.8 Å². The molecule has 2 fully saturated rings. The summed E-state index contributed by atoms with van der Waals surface area (Å²) in [5, 5.41) is 0. The van der Waals surface area contributed by atoms with Gasteiger partial charge in [0.2, 0.25) is 5.91 Å². The summed E-state index contributed by atoms with van der Waals surface area (Å²) >= 11 is 0. The third-order valence-electron chi connectivity index (χ3n) is 6.68. The van der Waals surface area contributed by atoms with E-state index in [0.29, 0.717) is 30.9 Å². The molecule has 0 aliphatic carbocycles. The second-order valence-electron chi connectivity index (χ2n) is 8.95. The number of ether oxygens (including phenoxy) is 1. The SMILES string of the molecule is NC(=O)C(N)=C1CCN(c2ccc(N3CCCCC3=O)cc2F)C(=O)C1=Nc1ccc2c(c1)CCO2. The fourth-order valence-corrected chi connectivity index (χ4v) is 4.79. The maximum absolute atomic E-state index is 15.3. The van der Waals surface area contributed by atoms with Crippen molar-refractivity contribution in [2.75, 3.05) is 29.5 Å². The normalized spacial score (nSPS) is 20.4. The van der Waals surface area contributed by atoms with Gasteiger partial charge < -0.3 is 26.0 Å². The lowest BCUT2D eigenvalue weighted by Gasteiger charge is -2.31. The molecule has 9 nitrogen and oxygen atoms in total. The summed E-state index contributed by atoms with van der Waals surface area (Å²) in [6.07, 6.45) is 2.99. The maximum Gasteiger partial charge on any atom is 0.277 e. The number of carbonyl (C=O) groups is 3. The summed E-state index contributed by atoms with van der Waals surface area (Å²) in [6.45, 7) is 1.18. The first-order chi connectivity index (χ1) is 17.3. The number of anilines is 2. The van der Waals surface area contributed by atoms with E-state index in [1.165, 1.54) is 17.0 Å². The van der Waals surface area contributed by atoms with Crippen LogP contribution in [0.25, 0.3) is 0 Å². The Morgan fingerprint density at radius 1 is 0.972 bits per heavy atom. The van der Waals surface area contributed by atoms with Gasteiger partial charge in [0.25, 0.3) is 11.8 Å². The molecule has 186 valence electrons. The second kappa shape index (κ2) is 9.44. The fourth-order valence-electron chi connectivity index (χ4n) is 4.79. The van der Waals surface area contributed by atoms with Gasteiger partial charge in [-0.2, -0.15) is 0 Å². The summed E-state index contributed by atoms with van der Waals surface area (Å²) in [5.41, 5.74) is 13.2. The molecule has 3 aliphatic rings. The minimum absolute atomic E-state index is 0.0479. The van der Waals surface area contributed by atoms with Crippen LogP contribution in [0.4, 0.5) is 21.5 Å². The molecule has 2 aromatic carbocycles. The summed E-state index contributed by atoms with van der Waals surface area (Å²) in [4.78, 5) is 45.0. The van der Waals surface area contributed by atoms with Gasteiger partial charge in [0.15, 0.2) is 0 Å². The number of nitrogens with zero attached hydrogens (tertiary/aromatic N) is 3. The lowest BCUT2D eigenvalue weighted by Crippen LogP contribution is -2.45. The molecule has 2 saturated heterocycles. The Morgan fingerprint density at radius 3 is 2.56 bits per heavy atom. The topological polar surface area (TPSA) is 131 Å². The van der Waals surface area contributed by atoms with Crippen molar-refractivity contribution in [3.63, 3.8) is 0 Å². The standard InChI is InChI=1S/C26H26FN5O4/c27-19-14-17(31-10-2-1-3-22(31)33)5-6-20(19)32-11-8-18(23(28)25(29)34)24(26(32)35)30-16-4-7-21-15(13-16)9-12-36-21/h4-7,13-14H,1-3,8-12,28H2,(H2,29,34). The lowest BCUT2D eigenvalue weighted by atomic mass is 9.97. The molecule has 0 atom stereocenters. The van der Waals surface area contributed by atoms with Gasteiger partial charge in [-0.1, -0.05) is 0 Å². The Balaban J connectivity index is 1.51. The van der Waals surface area contributed by atoms with E-state index in [1.54, 1.807) is 23.1 Å². The first-order valence-corrected chi connectivity index (χ1v) is 11.9. The number of nitrogens with two attached hydrogens (primary N) is 2. The van der Waals surface area contributed by atoms with Crippen LogP contribution in [0.1, 0.15) is 31.2 Å². The van der Waals surface area contributed by atoms with E-state index in [2.05, 4.69) is 4.99 Å². The van der Waals surface area contributed by atoms with Gasteiger partial charge in [-0.25, -0.2) is 9.38 Å². The van der Waals surface area contributed by atoms with Crippen molar-refractivity contribution < 1.29 is 23.5 Å². The zero-order chi connectivity index (χ0) is 25.4. The van der Waals surface area contributed by atoms with E-state index in [9.17, 15) is 14.4 Å². The number of piperidine rings is 2. The molecular formula is C26H26FN5O4. The third kappa shape index (κ3) is 4.30. The van der Waals surface area contributed by atoms with Gasteiger partial charge in [-0.15, -0.1) is 0 Å². The Kier molecular flexibility index (Phi) is 6.17. The third-order valence-corrected chi connectivity index (χ3v) is 6.68. The summed E-state index contributed by atoms with van der Waals surface area (Å²) < 4.78 is 20.8. The monoisotopic (exact) mass is 491 g/mol. The fraction of sp³-hybridized carbons (Fsp3) is 0.308. The number of rotatable bonds is 4. The number of primary amides is 1. The highest BCUT2D eigenvalue weighted by molar-refractivity contribution is 6.51. The summed E-state index contributed by atoms with van der Waals surface area (Å²) in [7, 11) is 0. The van der Waals surface area contributed by atoms with Gasteiger partial charge in [0, 0.05) is 37.2 Å². The average Bonchev–Trinajstić information content (AvgIpc) is 3.33. The van der Waals surface area contributed by atoms with E-state index in [1.807, 2.05) is 6.07 Å². The van der Waals surface area contributed by atoms with E-state index in [-0.39, 0.29) is 41.5 Å². The molecule has 0 saturated carbocycles. The number of amides is 3. The minimum atomic E-state index is -0.858. The lowest BCUT2D eigenvalue weighted by molar-refractivity contribution is -0.119. The molecule has 2 aromatic rings. The minimum Gasteiger partial charge on any atom is -0.493 e. The Morgan fingerprint density at radius 2 is 1.81 bits per heavy atom. The zero-order valence-electron chi connectivity index (χ0n) is 19.6. The molecule has 4 N–H and O–H groups in total. The molecule has 0 bridgehead atoms. The number of aliphatic imine (C=N–C) groups is 1. The van der Waals surface area contributed by atoms with Gasteiger partial charge in [-0.05, 0) is 61.2 Å². The zero-order valence-corrected chi connectivity index (χ0v) is 19.6. The Labute approximate surface area is 207 Å². The highest BCUT2D eigenvalue weighted by Gasteiger charge is 2.34. The van der Waals surface area contributed by atoms with Crippen LogP contribution >= 0.6 is 0 Å². The van der Waals surface area contributed by atoms with Crippen molar-refractivity contribution in [2.45, 2.75) is 32.1 Å². The van der Waals surface area contributed by atoms with Gasteiger partial charge in [0.1, 0.15) is 23.0 Å². The predicted molar refractivity (Wildman–Crippen MR) is 133 cm³/mol. The molecule has 3 heterocycles. The second-order valence-corrected chi connectivity index (χ2v) is 8.95. The molecular weight excluding hydrogens is 465 g/mol. The number of fused-ring (bicyclic) bond motifs is 1. The van der Waals surface area contributed by atoms with Crippen LogP contribution in [0.5, 0.6) is 5.75 Å². The van der Waals surface area contributed by atoms with Crippen molar-refractivity contribution >= 4 is 40.5 Å². The first-order valence-electron chi connectivity index (χ1n) is 11.9. The Hall–Kier alpha value is -4.21. The molecule has 36 heavy (non-hydrogen) atoms. The molecule has 0 aromatic heterocycles. The van der Waals surface area contributed by atoms with E-state index >= 15 is 4.39 Å². The maximum atomic E-state index is 15.3. The van der Waals surface area contributed by atoms with Crippen LogP contribution < -0.4 is 26.0 Å². The van der Waals surface area contributed by atoms with Crippen LogP contribution in [-0.4, -0.2) is 43.1 Å². The van der Waals surface area contributed by atoms with Crippen LogP contribution in [0.15, 0.2) is 52.7 Å². The number of benzene rings is 2. The quantitative estimate of drug-likeness (QED) is 0.635. The number of hydrogen-bond acceptors (Lipinski definition) is 6. The largest absolute Gasteiger partial charge is 0.493 e. The van der Waals surface area contributed by atoms with Crippen LogP contribution in [0.3, 0.4) is 0 Å². The van der Waals surface area contributed by atoms with Crippen LogP contribution in [0, 0.1) is 5.82 Å². The highest BCUT2D eigenvalue weighted by Crippen LogP contribution is 2.33. The van der Waals surface area contributed by atoms with Crippen molar-refractivity contribution in [1.29, 1.82) is 0 Å². The molecule has 0 unspecified atom stereocenters. The van der Waals surface area contributed by atoms with Gasteiger partial charge in [-0.3, -0.25) is 14.4 Å². The molecule has 3 amide bonds. The number of carbonyl (C=O) groups excluding carboxylic acids is 3. The number of halogens is 1. The highest BCUT2D eigenvalue weighted by atomic mass is 19.1. The summed E-state index contributed by atoms with van der Waals surface area (Å²) in [6, 6.07) is 9.67. The summed E-state index contributed by atoms with van der Waals surface area (Å²) in [5.74, 6) is -1.38. The van der Waals surface area contributed by atoms with Crippen molar-refractivity contribution in [3.8, 4) is 5.75 Å². The van der Waals surface area contributed by atoms with Crippen molar-refractivity contribution in [3.05, 3.63) is 59.0 Å². The molecule has 5 rings (SSSR count). The van der Waals surface area contributed by atoms with Gasteiger partial charge in [0.05, 0.1) is 18.0 Å². The Bertz CT molecular complexity index is 1340. The van der Waals surface area contributed by atoms with E-state index in [0.717, 1.165) is 30.6 Å². The van der Waals surface area contributed by atoms with E-state index in [4.69, 9.17) is 16.2 Å². The van der Waals surface area contributed by atoms with Crippen molar-refractivity contribution in [2.24, 2.45) is 16.5 Å². The average molecular weight is 492 g/mol. The molecule has 3 aliphatic heterocycles. The van der Waals surface area contributed by atoms with Crippen LogP contribution in [0.2, 0.25) is 0 Å². The molecule has 0 radical (unpaired) electrons. The molecule has 10 heteroatoms. The van der Waals surface area contributed by atoms with Crippen molar-refractivity contribution in [1.82, 2.24) is 0 Å². The smallest absolute Gasteiger partial charge is 0.277 e.